The van der Waals surface area contributed by atoms with Crippen molar-refractivity contribution in [1.82, 2.24) is 4.90 Å². The molecular formula is C16H21N3O5. The molecule has 130 valence electrons. The second kappa shape index (κ2) is 7.67. The number of carbonyl (C=O) groups is 3. The van der Waals surface area contributed by atoms with Gasteiger partial charge in [0.15, 0.2) is 11.5 Å². The van der Waals surface area contributed by atoms with Crippen LogP contribution in [0.15, 0.2) is 18.2 Å². The van der Waals surface area contributed by atoms with Gasteiger partial charge in [-0.3, -0.25) is 14.4 Å². The Hall–Kier alpha value is -2.77. The van der Waals surface area contributed by atoms with Crippen LogP contribution < -0.4 is 20.5 Å². The number of methoxy groups -OCH3 is 2. The molecule has 0 bridgehead atoms. The fourth-order valence-electron chi connectivity index (χ4n) is 2.61. The summed E-state index contributed by atoms with van der Waals surface area (Å²) in [6.45, 7) is 0.678. The van der Waals surface area contributed by atoms with E-state index in [0.717, 1.165) is 0 Å². The topological polar surface area (TPSA) is 111 Å². The minimum atomic E-state index is -0.736. The van der Waals surface area contributed by atoms with Gasteiger partial charge in [-0.05, 0) is 25.0 Å². The van der Waals surface area contributed by atoms with Crippen LogP contribution in [0.5, 0.6) is 11.5 Å². The Labute approximate surface area is 139 Å². The maximum atomic E-state index is 12.2. The highest BCUT2D eigenvalue weighted by Gasteiger charge is 2.29. The molecule has 3 N–H and O–H groups in total. The second-order valence-electron chi connectivity index (χ2n) is 5.49. The van der Waals surface area contributed by atoms with Crippen molar-refractivity contribution in [3.63, 3.8) is 0 Å². The van der Waals surface area contributed by atoms with Gasteiger partial charge in [0, 0.05) is 30.8 Å². The van der Waals surface area contributed by atoms with Crippen LogP contribution in [0.3, 0.4) is 0 Å². The number of benzene rings is 1. The molecule has 1 aliphatic rings. The minimum Gasteiger partial charge on any atom is -0.493 e. The number of hydrogen-bond acceptors (Lipinski definition) is 5. The van der Waals surface area contributed by atoms with Crippen molar-refractivity contribution < 1.29 is 23.9 Å². The molecule has 1 saturated heterocycles. The third kappa shape index (κ3) is 3.95. The van der Waals surface area contributed by atoms with Gasteiger partial charge < -0.3 is 25.4 Å². The minimum absolute atomic E-state index is 0.233. The Bertz CT molecular complexity index is 639. The number of primary amides is 1. The van der Waals surface area contributed by atoms with Crippen LogP contribution in [0, 0.1) is 5.92 Å². The average molecular weight is 335 g/mol. The molecular weight excluding hydrogens is 314 g/mol. The summed E-state index contributed by atoms with van der Waals surface area (Å²) in [6, 6.07) is 4.83. The maximum absolute atomic E-state index is 12.2. The van der Waals surface area contributed by atoms with E-state index in [4.69, 9.17) is 15.2 Å². The van der Waals surface area contributed by atoms with Crippen LogP contribution >= 0.6 is 0 Å². The van der Waals surface area contributed by atoms with Crippen molar-refractivity contribution in [3.05, 3.63) is 18.2 Å². The lowest BCUT2D eigenvalue weighted by molar-refractivity contribution is -0.144. The average Bonchev–Trinajstić information content (AvgIpc) is 2.60. The van der Waals surface area contributed by atoms with E-state index in [9.17, 15) is 14.4 Å². The number of amides is 3. The summed E-state index contributed by atoms with van der Waals surface area (Å²) in [7, 11) is 2.99. The molecule has 1 fully saturated rings. The third-order valence-corrected chi connectivity index (χ3v) is 4.02. The summed E-state index contributed by atoms with van der Waals surface area (Å²) in [6.07, 6.45) is 0.954. The van der Waals surface area contributed by atoms with Crippen LogP contribution in [-0.4, -0.2) is 49.9 Å². The Morgan fingerprint density at radius 3 is 2.29 bits per heavy atom. The molecule has 0 spiro atoms. The van der Waals surface area contributed by atoms with Crippen molar-refractivity contribution in [2.45, 2.75) is 12.8 Å². The molecule has 2 rings (SSSR count). The van der Waals surface area contributed by atoms with Gasteiger partial charge in [0.2, 0.25) is 5.91 Å². The van der Waals surface area contributed by atoms with Gasteiger partial charge in [-0.15, -0.1) is 0 Å². The molecule has 0 aromatic heterocycles. The largest absolute Gasteiger partial charge is 0.493 e. The van der Waals surface area contributed by atoms with E-state index in [1.165, 1.54) is 19.1 Å². The molecule has 1 aromatic rings. The second-order valence-corrected chi connectivity index (χ2v) is 5.49. The predicted molar refractivity (Wildman–Crippen MR) is 86.7 cm³/mol. The fourth-order valence-corrected chi connectivity index (χ4v) is 2.61. The van der Waals surface area contributed by atoms with E-state index >= 15 is 0 Å². The highest BCUT2D eigenvalue weighted by Crippen LogP contribution is 2.29. The van der Waals surface area contributed by atoms with Crippen LogP contribution in [0.4, 0.5) is 5.69 Å². The zero-order valence-electron chi connectivity index (χ0n) is 13.7. The molecule has 0 unspecified atom stereocenters. The number of nitrogens with zero attached hydrogens (tertiary/aromatic N) is 1. The van der Waals surface area contributed by atoms with Gasteiger partial charge in [-0.1, -0.05) is 0 Å². The van der Waals surface area contributed by atoms with Gasteiger partial charge in [-0.25, -0.2) is 0 Å². The molecule has 1 aliphatic heterocycles. The highest BCUT2D eigenvalue weighted by molar-refractivity contribution is 6.39. The number of likely N-dealkylation sites (tertiary alicyclic amines) is 1. The first kappa shape index (κ1) is 17.6. The normalized spacial score (nSPS) is 14.8. The number of nitrogens with one attached hydrogen (secondary N) is 1. The number of rotatable bonds is 4. The zero-order valence-corrected chi connectivity index (χ0v) is 13.7. The Kier molecular flexibility index (Phi) is 5.62. The molecule has 8 nitrogen and oxygen atoms in total. The van der Waals surface area contributed by atoms with Crippen molar-refractivity contribution in [2.75, 3.05) is 32.6 Å². The van der Waals surface area contributed by atoms with Crippen LogP contribution in [0.25, 0.3) is 0 Å². The summed E-state index contributed by atoms with van der Waals surface area (Å²) in [5, 5.41) is 2.54. The smallest absolute Gasteiger partial charge is 0.313 e. The summed E-state index contributed by atoms with van der Waals surface area (Å²) < 4.78 is 10.3. The number of ether oxygens (including phenoxy) is 2. The molecule has 3 amide bonds. The predicted octanol–water partition coefficient (Wildman–Crippen LogP) is 0.366. The zero-order chi connectivity index (χ0) is 17.7. The van der Waals surface area contributed by atoms with Crippen molar-refractivity contribution >= 4 is 23.4 Å². The van der Waals surface area contributed by atoms with E-state index in [1.807, 2.05) is 0 Å². The molecule has 24 heavy (non-hydrogen) atoms. The summed E-state index contributed by atoms with van der Waals surface area (Å²) in [4.78, 5) is 36.9. The Morgan fingerprint density at radius 1 is 1.12 bits per heavy atom. The van der Waals surface area contributed by atoms with Gasteiger partial charge in [0.25, 0.3) is 0 Å². The monoisotopic (exact) mass is 335 g/mol. The number of carbonyl (C=O) groups excluding carboxylic acids is 3. The van der Waals surface area contributed by atoms with Gasteiger partial charge >= 0.3 is 11.8 Å². The summed E-state index contributed by atoms with van der Waals surface area (Å²) >= 11 is 0. The van der Waals surface area contributed by atoms with Crippen LogP contribution in [-0.2, 0) is 14.4 Å². The van der Waals surface area contributed by atoms with Gasteiger partial charge in [0.05, 0.1) is 14.2 Å². The van der Waals surface area contributed by atoms with Crippen LogP contribution in [0.1, 0.15) is 12.8 Å². The lowest BCUT2D eigenvalue weighted by Crippen LogP contribution is -2.46. The first-order valence-corrected chi connectivity index (χ1v) is 7.58. The lowest BCUT2D eigenvalue weighted by atomic mass is 9.96. The number of anilines is 1. The number of piperidine rings is 1. The fraction of sp³-hybridized carbons (Fsp3) is 0.438. The first-order valence-electron chi connectivity index (χ1n) is 7.58. The van der Waals surface area contributed by atoms with Gasteiger partial charge in [0.1, 0.15) is 0 Å². The Morgan fingerprint density at radius 2 is 1.75 bits per heavy atom. The lowest BCUT2D eigenvalue weighted by Gasteiger charge is -2.29. The van der Waals surface area contributed by atoms with Crippen LogP contribution in [0.2, 0.25) is 0 Å². The molecule has 0 aliphatic carbocycles. The summed E-state index contributed by atoms with van der Waals surface area (Å²) in [5.41, 5.74) is 5.69. The quantitative estimate of drug-likeness (QED) is 0.772. The van der Waals surface area contributed by atoms with Crippen molar-refractivity contribution in [3.8, 4) is 11.5 Å². The molecule has 0 radical (unpaired) electrons. The molecule has 0 saturated carbocycles. The maximum Gasteiger partial charge on any atom is 0.313 e. The molecule has 0 atom stereocenters. The van der Waals surface area contributed by atoms with E-state index in [-0.39, 0.29) is 11.8 Å². The standard InChI is InChI=1S/C16H21N3O5/c1-23-12-4-3-11(9-13(12)24-2)18-15(21)16(22)19-7-5-10(6-8-19)14(17)20/h3-4,9-10H,5-8H2,1-2H3,(H2,17,20)(H,18,21). The van der Waals surface area contributed by atoms with E-state index in [1.54, 1.807) is 18.2 Å². The molecule has 1 aromatic carbocycles. The Balaban J connectivity index is 1.97. The number of nitrogens with two attached hydrogens (primary N) is 1. The van der Waals surface area contributed by atoms with Crippen molar-refractivity contribution in [1.29, 1.82) is 0 Å². The third-order valence-electron chi connectivity index (χ3n) is 4.02. The van der Waals surface area contributed by atoms with E-state index < -0.39 is 11.8 Å². The SMILES string of the molecule is COc1ccc(NC(=O)C(=O)N2CCC(C(N)=O)CC2)cc1OC. The van der Waals surface area contributed by atoms with Gasteiger partial charge in [-0.2, -0.15) is 0 Å². The highest BCUT2D eigenvalue weighted by atomic mass is 16.5. The molecule has 1 heterocycles. The van der Waals surface area contributed by atoms with E-state index in [2.05, 4.69) is 5.32 Å². The number of hydrogen-bond donors (Lipinski definition) is 2. The summed E-state index contributed by atoms with van der Waals surface area (Å²) in [5.74, 6) is -0.993. The van der Waals surface area contributed by atoms with E-state index in [0.29, 0.717) is 43.1 Å². The first-order chi connectivity index (χ1) is 11.5. The van der Waals surface area contributed by atoms with Crippen molar-refractivity contribution in [2.24, 2.45) is 11.7 Å². The molecule has 8 heteroatoms.